The van der Waals surface area contributed by atoms with Gasteiger partial charge in [-0.3, -0.25) is 4.79 Å². The molecule has 0 aliphatic carbocycles. The lowest BCUT2D eigenvalue weighted by Gasteiger charge is -2.07. The third-order valence-corrected chi connectivity index (χ3v) is 3.49. The molecule has 22 heavy (non-hydrogen) atoms. The molecular formula is C16H15N3O3. The molecule has 0 saturated carbocycles. The van der Waals surface area contributed by atoms with E-state index < -0.39 is 0 Å². The quantitative estimate of drug-likeness (QED) is 0.748. The fourth-order valence-corrected chi connectivity index (χ4v) is 2.31. The fourth-order valence-electron chi connectivity index (χ4n) is 2.31. The first kappa shape index (κ1) is 14.1. The maximum absolute atomic E-state index is 12.6. The van der Waals surface area contributed by atoms with E-state index in [4.69, 9.17) is 4.74 Å². The molecule has 3 rings (SSSR count). The highest BCUT2D eigenvalue weighted by Gasteiger charge is 2.16. The number of nitrogens with zero attached hydrogens (tertiary/aromatic N) is 3. The van der Waals surface area contributed by atoms with E-state index in [1.165, 1.54) is 25.4 Å². The lowest BCUT2D eigenvalue weighted by molar-refractivity contribution is 0.103. The van der Waals surface area contributed by atoms with Crippen LogP contribution >= 0.6 is 0 Å². The predicted molar refractivity (Wildman–Crippen MR) is 81.3 cm³/mol. The lowest BCUT2D eigenvalue weighted by atomic mass is 10.0. The number of phenolic OH excluding ortho intramolecular Hbond substituents is 1. The third kappa shape index (κ3) is 2.28. The van der Waals surface area contributed by atoms with Crippen molar-refractivity contribution in [1.82, 2.24) is 14.8 Å². The molecule has 0 aliphatic heterocycles. The lowest BCUT2D eigenvalue weighted by Crippen LogP contribution is -2.04. The molecule has 6 heteroatoms. The zero-order valence-electron chi connectivity index (χ0n) is 12.3. The fraction of sp³-hybridized carbons (Fsp3) is 0.188. The van der Waals surface area contributed by atoms with Crippen LogP contribution in [0.15, 0.2) is 36.7 Å². The molecule has 0 aliphatic rings. The predicted octanol–water partition coefficient (Wildman–Crippen LogP) is 2.40. The van der Waals surface area contributed by atoms with Crippen molar-refractivity contribution in [2.45, 2.75) is 13.5 Å². The first-order chi connectivity index (χ1) is 10.6. The van der Waals surface area contributed by atoms with Crippen molar-refractivity contribution in [3.63, 3.8) is 0 Å². The van der Waals surface area contributed by atoms with Crippen LogP contribution < -0.4 is 4.74 Å². The molecule has 2 heterocycles. The van der Waals surface area contributed by atoms with Crippen LogP contribution in [0.5, 0.6) is 11.5 Å². The summed E-state index contributed by atoms with van der Waals surface area (Å²) in [6, 6.07) is 6.27. The number of carbonyl (C=O) groups excluding carboxylic acids is 1. The van der Waals surface area contributed by atoms with Gasteiger partial charge in [0.25, 0.3) is 0 Å². The number of ketones is 1. The summed E-state index contributed by atoms with van der Waals surface area (Å²) in [4.78, 5) is 16.9. The van der Waals surface area contributed by atoms with Crippen molar-refractivity contribution in [3.05, 3.63) is 47.8 Å². The van der Waals surface area contributed by atoms with Gasteiger partial charge in [-0.25, -0.2) is 9.67 Å². The van der Waals surface area contributed by atoms with Gasteiger partial charge in [0, 0.05) is 23.7 Å². The Balaban J connectivity index is 2.05. The summed E-state index contributed by atoms with van der Waals surface area (Å²) in [7, 11) is 1.51. The van der Waals surface area contributed by atoms with E-state index in [2.05, 4.69) is 10.1 Å². The molecule has 6 nitrogen and oxygen atoms in total. The number of phenols is 1. The van der Waals surface area contributed by atoms with Gasteiger partial charge in [-0.2, -0.15) is 5.10 Å². The molecule has 0 spiro atoms. The molecule has 1 aromatic carbocycles. The minimum Gasteiger partial charge on any atom is -0.507 e. The highest BCUT2D eigenvalue weighted by molar-refractivity contribution is 6.11. The molecule has 0 atom stereocenters. The highest BCUT2D eigenvalue weighted by atomic mass is 16.5. The van der Waals surface area contributed by atoms with Gasteiger partial charge in [0.15, 0.2) is 11.4 Å². The van der Waals surface area contributed by atoms with E-state index >= 15 is 0 Å². The number of hydrogen-bond acceptors (Lipinski definition) is 5. The Kier molecular flexibility index (Phi) is 3.50. The van der Waals surface area contributed by atoms with Crippen LogP contribution in [0.25, 0.3) is 11.0 Å². The minimum absolute atomic E-state index is 0.0878. The van der Waals surface area contributed by atoms with E-state index in [1.54, 1.807) is 23.0 Å². The van der Waals surface area contributed by atoms with Gasteiger partial charge in [0.1, 0.15) is 11.5 Å². The number of fused-ring (bicyclic) bond motifs is 1. The Labute approximate surface area is 127 Å². The Hall–Kier alpha value is -2.89. The van der Waals surface area contributed by atoms with Gasteiger partial charge >= 0.3 is 0 Å². The second-order valence-electron chi connectivity index (χ2n) is 4.81. The molecule has 0 bridgehead atoms. The van der Waals surface area contributed by atoms with Crippen LogP contribution in [-0.4, -0.2) is 32.8 Å². The molecule has 112 valence electrons. The summed E-state index contributed by atoms with van der Waals surface area (Å²) in [6.45, 7) is 2.68. The molecule has 0 fully saturated rings. The number of methoxy groups -OCH3 is 1. The van der Waals surface area contributed by atoms with Gasteiger partial charge in [-0.15, -0.1) is 0 Å². The summed E-state index contributed by atoms with van der Waals surface area (Å²) in [5.74, 6) is 0.110. The summed E-state index contributed by atoms with van der Waals surface area (Å²) in [5, 5.41) is 14.9. The van der Waals surface area contributed by atoms with E-state index in [-0.39, 0.29) is 17.1 Å². The van der Waals surface area contributed by atoms with E-state index in [0.717, 1.165) is 11.0 Å². The molecule has 0 saturated heterocycles. The number of aryl methyl sites for hydroxylation is 1. The number of carbonyl (C=O) groups is 1. The molecule has 1 N–H and O–H groups in total. The SMILES string of the molecule is CCn1ncc2cc(C(=O)c3cc(OC)ccc3O)cnc21. The van der Waals surface area contributed by atoms with E-state index in [1.807, 2.05) is 6.92 Å². The number of aromatic hydroxyl groups is 1. The van der Waals surface area contributed by atoms with Gasteiger partial charge in [0.05, 0.1) is 18.9 Å². The molecular weight excluding hydrogens is 282 g/mol. The summed E-state index contributed by atoms with van der Waals surface area (Å²) in [5.41, 5.74) is 1.31. The average molecular weight is 297 g/mol. The monoisotopic (exact) mass is 297 g/mol. The smallest absolute Gasteiger partial charge is 0.198 e. The number of ether oxygens (including phenoxy) is 1. The average Bonchev–Trinajstić information content (AvgIpc) is 2.97. The third-order valence-electron chi connectivity index (χ3n) is 3.49. The number of benzene rings is 1. The van der Waals surface area contributed by atoms with Crippen molar-refractivity contribution in [1.29, 1.82) is 0 Å². The van der Waals surface area contributed by atoms with Crippen molar-refractivity contribution >= 4 is 16.8 Å². The van der Waals surface area contributed by atoms with Crippen LogP contribution in [0.3, 0.4) is 0 Å². The Morgan fingerprint density at radius 3 is 2.86 bits per heavy atom. The summed E-state index contributed by atoms with van der Waals surface area (Å²) in [6.07, 6.45) is 3.17. The Bertz CT molecular complexity index is 855. The summed E-state index contributed by atoms with van der Waals surface area (Å²) >= 11 is 0. The maximum Gasteiger partial charge on any atom is 0.198 e. The minimum atomic E-state index is -0.310. The van der Waals surface area contributed by atoms with Crippen LogP contribution in [0.4, 0.5) is 0 Å². The van der Waals surface area contributed by atoms with Crippen molar-refractivity contribution < 1.29 is 14.6 Å². The van der Waals surface area contributed by atoms with E-state index in [0.29, 0.717) is 17.9 Å². The first-order valence-electron chi connectivity index (χ1n) is 6.87. The molecule has 0 unspecified atom stereocenters. The molecule has 0 amide bonds. The van der Waals surface area contributed by atoms with Crippen LogP contribution in [0.1, 0.15) is 22.8 Å². The highest BCUT2D eigenvalue weighted by Crippen LogP contribution is 2.26. The zero-order valence-corrected chi connectivity index (χ0v) is 12.3. The number of pyridine rings is 1. The topological polar surface area (TPSA) is 77.2 Å². The maximum atomic E-state index is 12.6. The zero-order chi connectivity index (χ0) is 15.7. The van der Waals surface area contributed by atoms with Gasteiger partial charge < -0.3 is 9.84 Å². The largest absolute Gasteiger partial charge is 0.507 e. The van der Waals surface area contributed by atoms with Crippen LogP contribution in [-0.2, 0) is 6.54 Å². The van der Waals surface area contributed by atoms with Crippen molar-refractivity contribution in [2.24, 2.45) is 0 Å². The Morgan fingerprint density at radius 1 is 1.32 bits per heavy atom. The Morgan fingerprint density at radius 2 is 2.14 bits per heavy atom. The van der Waals surface area contributed by atoms with E-state index in [9.17, 15) is 9.90 Å². The summed E-state index contributed by atoms with van der Waals surface area (Å²) < 4.78 is 6.85. The molecule has 2 aromatic heterocycles. The van der Waals surface area contributed by atoms with Crippen molar-refractivity contribution in [2.75, 3.05) is 7.11 Å². The van der Waals surface area contributed by atoms with Gasteiger partial charge in [-0.05, 0) is 31.2 Å². The van der Waals surface area contributed by atoms with Gasteiger partial charge in [0.2, 0.25) is 0 Å². The number of rotatable bonds is 4. The van der Waals surface area contributed by atoms with Gasteiger partial charge in [-0.1, -0.05) is 0 Å². The second-order valence-corrected chi connectivity index (χ2v) is 4.81. The number of aromatic nitrogens is 3. The number of hydrogen-bond donors (Lipinski definition) is 1. The molecule has 0 radical (unpaired) electrons. The second kappa shape index (κ2) is 5.48. The normalized spacial score (nSPS) is 10.8. The van der Waals surface area contributed by atoms with Crippen molar-refractivity contribution in [3.8, 4) is 11.5 Å². The standard InChI is InChI=1S/C16H15N3O3/c1-3-19-16-11(9-18-19)6-10(8-17-16)15(21)13-7-12(22-2)4-5-14(13)20/h4-9,20H,3H2,1-2H3. The van der Waals surface area contributed by atoms with Crippen LogP contribution in [0, 0.1) is 0 Å². The van der Waals surface area contributed by atoms with Crippen LogP contribution in [0.2, 0.25) is 0 Å². The first-order valence-corrected chi connectivity index (χ1v) is 6.87. The molecule has 3 aromatic rings.